The normalized spacial score (nSPS) is 13.3. The van der Waals surface area contributed by atoms with E-state index in [1.165, 1.54) is 0 Å². The lowest BCUT2D eigenvalue weighted by molar-refractivity contribution is 0.0674. The minimum Gasteiger partial charge on any atom is -0.476 e. The van der Waals surface area contributed by atoms with Gasteiger partial charge in [0.25, 0.3) is 5.91 Å². The van der Waals surface area contributed by atoms with E-state index < -0.39 is 5.97 Å². The molecule has 1 aromatic heterocycles. The van der Waals surface area contributed by atoms with Gasteiger partial charge in [0, 0.05) is 29.1 Å². The van der Waals surface area contributed by atoms with Crippen LogP contribution in [0.1, 0.15) is 32.1 Å². The third-order valence-electron chi connectivity index (χ3n) is 4.64. The zero-order valence-electron chi connectivity index (χ0n) is 14.3. The molecule has 0 spiro atoms. The third kappa shape index (κ3) is 3.19. The quantitative estimate of drug-likeness (QED) is 0.754. The van der Waals surface area contributed by atoms with Crippen molar-refractivity contribution in [2.24, 2.45) is 0 Å². The first-order valence-corrected chi connectivity index (χ1v) is 8.86. The van der Waals surface area contributed by atoms with Crippen LogP contribution in [0.2, 0.25) is 5.02 Å². The Kier molecular flexibility index (Phi) is 4.41. The highest BCUT2D eigenvalue weighted by Crippen LogP contribution is 2.26. The number of aromatic carboxylic acids is 1. The number of halogens is 1. The summed E-state index contributed by atoms with van der Waals surface area (Å²) in [6, 6.07) is 16.1. The minimum absolute atomic E-state index is 0.0116. The maximum atomic E-state index is 12.8. The van der Waals surface area contributed by atoms with Crippen LogP contribution in [0.15, 0.2) is 54.6 Å². The lowest BCUT2D eigenvalue weighted by Crippen LogP contribution is -2.36. The van der Waals surface area contributed by atoms with Crippen LogP contribution in [0, 0.1) is 0 Å². The van der Waals surface area contributed by atoms with Crippen LogP contribution in [-0.4, -0.2) is 38.2 Å². The van der Waals surface area contributed by atoms with Gasteiger partial charge in [0.2, 0.25) is 0 Å². The Morgan fingerprint density at radius 3 is 2.41 bits per heavy atom. The summed E-state index contributed by atoms with van der Waals surface area (Å²) in [6.45, 7) is 0.706. The summed E-state index contributed by atoms with van der Waals surface area (Å²) in [5.41, 5.74) is 2.73. The second-order valence-electron chi connectivity index (χ2n) is 6.31. The van der Waals surface area contributed by atoms with Crippen LogP contribution >= 0.6 is 11.6 Å². The third-order valence-corrected chi connectivity index (χ3v) is 4.89. The minimum atomic E-state index is -1.10. The molecule has 0 unspecified atom stereocenters. The van der Waals surface area contributed by atoms with Crippen LogP contribution in [0.3, 0.4) is 0 Å². The number of aromatic nitrogens is 2. The number of amides is 1. The summed E-state index contributed by atoms with van der Waals surface area (Å²) in [5, 5.41) is 14.4. The molecule has 0 bridgehead atoms. The van der Waals surface area contributed by atoms with Crippen LogP contribution in [0.25, 0.3) is 5.69 Å². The molecule has 1 N–H and O–H groups in total. The predicted molar refractivity (Wildman–Crippen MR) is 100 cm³/mol. The average Bonchev–Trinajstić information content (AvgIpc) is 3.08. The topological polar surface area (TPSA) is 75.4 Å². The first kappa shape index (κ1) is 17.3. The molecule has 0 aliphatic carbocycles. The maximum absolute atomic E-state index is 12.8. The Bertz CT molecular complexity index is 1010. The Balaban J connectivity index is 1.70. The number of carboxylic acids is 1. The van der Waals surface area contributed by atoms with E-state index in [9.17, 15) is 14.7 Å². The Labute approximate surface area is 160 Å². The first-order chi connectivity index (χ1) is 13.0. The molecule has 1 aliphatic heterocycles. The predicted octanol–water partition coefficient (Wildman–Crippen LogP) is 3.42. The molecule has 2 heterocycles. The number of carbonyl (C=O) groups excluding carboxylic acids is 1. The number of benzene rings is 2. The number of para-hydroxylation sites is 1. The van der Waals surface area contributed by atoms with E-state index in [0.29, 0.717) is 29.1 Å². The highest BCUT2D eigenvalue weighted by molar-refractivity contribution is 6.30. The van der Waals surface area contributed by atoms with Crippen molar-refractivity contribution in [1.29, 1.82) is 0 Å². The number of hydrogen-bond acceptors (Lipinski definition) is 3. The van der Waals surface area contributed by atoms with Gasteiger partial charge in [0.05, 0.1) is 17.9 Å². The van der Waals surface area contributed by atoms with Crippen molar-refractivity contribution < 1.29 is 14.7 Å². The summed E-state index contributed by atoms with van der Waals surface area (Å²) in [4.78, 5) is 26.1. The fourth-order valence-electron chi connectivity index (χ4n) is 3.32. The Morgan fingerprint density at radius 1 is 1.04 bits per heavy atom. The number of rotatable bonds is 3. The SMILES string of the molecule is O=C(O)c1nn(-c2ccccc2)c2c1CN(C(=O)c1ccc(Cl)cc1)CC2. The van der Waals surface area contributed by atoms with Crippen LogP contribution in [0.5, 0.6) is 0 Å². The van der Waals surface area contributed by atoms with E-state index in [-0.39, 0.29) is 18.1 Å². The van der Waals surface area contributed by atoms with E-state index in [4.69, 9.17) is 11.6 Å². The van der Waals surface area contributed by atoms with Gasteiger partial charge in [-0.2, -0.15) is 5.10 Å². The highest BCUT2D eigenvalue weighted by Gasteiger charge is 2.30. The fraction of sp³-hybridized carbons (Fsp3) is 0.150. The van der Waals surface area contributed by atoms with E-state index in [1.807, 2.05) is 30.3 Å². The van der Waals surface area contributed by atoms with Gasteiger partial charge in [-0.15, -0.1) is 0 Å². The highest BCUT2D eigenvalue weighted by atomic mass is 35.5. The zero-order valence-corrected chi connectivity index (χ0v) is 15.1. The summed E-state index contributed by atoms with van der Waals surface area (Å²) in [7, 11) is 0. The van der Waals surface area contributed by atoms with Gasteiger partial charge in [0.1, 0.15) is 0 Å². The average molecular weight is 382 g/mol. The summed E-state index contributed by atoms with van der Waals surface area (Å²) in [5.74, 6) is -1.25. The molecule has 1 aliphatic rings. The van der Waals surface area contributed by atoms with E-state index in [1.54, 1.807) is 33.8 Å². The fourth-order valence-corrected chi connectivity index (χ4v) is 3.45. The second kappa shape index (κ2) is 6.89. The van der Waals surface area contributed by atoms with Crippen molar-refractivity contribution in [1.82, 2.24) is 14.7 Å². The molecule has 1 amide bonds. The standard InChI is InChI=1S/C20H16ClN3O3/c21-14-8-6-13(7-9-14)19(25)23-11-10-17-16(12-23)18(20(26)27)22-24(17)15-4-2-1-3-5-15/h1-9H,10-12H2,(H,26,27). The van der Waals surface area contributed by atoms with Gasteiger partial charge in [0.15, 0.2) is 5.69 Å². The number of hydrogen-bond donors (Lipinski definition) is 1. The van der Waals surface area contributed by atoms with Gasteiger partial charge in [-0.05, 0) is 36.4 Å². The molecule has 27 heavy (non-hydrogen) atoms. The van der Waals surface area contributed by atoms with Crippen molar-refractivity contribution in [2.45, 2.75) is 13.0 Å². The first-order valence-electron chi connectivity index (χ1n) is 8.49. The smallest absolute Gasteiger partial charge is 0.356 e. The Hall–Kier alpha value is -3.12. The van der Waals surface area contributed by atoms with Crippen molar-refractivity contribution in [2.75, 3.05) is 6.54 Å². The number of carbonyl (C=O) groups is 2. The molecule has 0 saturated carbocycles. The summed E-state index contributed by atoms with van der Waals surface area (Å²) < 4.78 is 1.67. The van der Waals surface area contributed by atoms with Gasteiger partial charge >= 0.3 is 5.97 Å². The van der Waals surface area contributed by atoms with Crippen molar-refractivity contribution in [3.05, 3.63) is 82.1 Å². The summed E-state index contributed by atoms with van der Waals surface area (Å²) in [6.07, 6.45) is 0.532. The number of nitrogens with zero attached hydrogens (tertiary/aromatic N) is 3. The van der Waals surface area contributed by atoms with Crippen molar-refractivity contribution in [3.8, 4) is 5.69 Å². The molecule has 4 rings (SSSR count). The summed E-state index contributed by atoms with van der Waals surface area (Å²) >= 11 is 5.88. The van der Waals surface area contributed by atoms with E-state index >= 15 is 0 Å². The molecule has 0 saturated heterocycles. The van der Waals surface area contributed by atoms with Crippen molar-refractivity contribution >= 4 is 23.5 Å². The van der Waals surface area contributed by atoms with Gasteiger partial charge in [-0.3, -0.25) is 4.79 Å². The van der Waals surface area contributed by atoms with E-state index in [2.05, 4.69) is 5.10 Å². The largest absolute Gasteiger partial charge is 0.476 e. The van der Waals surface area contributed by atoms with Crippen LogP contribution in [0.4, 0.5) is 0 Å². The lowest BCUT2D eigenvalue weighted by Gasteiger charge is -2.28. The van der Waals surface area contributed by atoms with Gasteiger partial charge in [-0.1, -0.05) is 29.8 Å². The van der Waals surface area contributed by atoms with Crippen LogP contribution in [-0.2, 0) is 13.0 Å². The van der Waals surface area contributed by atoms with E-state index in [0.717, 1.165) is 11.4 Å². The molecule has 0 fully saturated rings. The van der Waals surface area contributed by atoms with Gasteiger partial charge in [-0.25, -0.2) is 9.48 Å². The number of carboxylic acid groups (broad SMARTS) is 1. The van der Waals surface area contributed by atoms with Gasteiger partial charge < -0.3 is 10.0 Å². The monoisotopic (exact) mass is 381 g/mol. The molecular weight excluding hydrogens is 366 g/mol. The molecule has 136 valence electrons. The second-order valence-corrected chi connectivity index (χ2v) is 6.75. The van der Waals surface area contributed by atoms with Crippen LogP contribution < -0.4 is 0 Å². The molecule has 0 radical (unpaired) electrons. The van der Waals surface area contributed by atoms with Crippen molar-refractivity contribution in [3.63, 3.8) is 0 Å². The molecule has 3 aromatic rings. The molecule has 6 nitrogen and oxygen atoms in total. The molecule has 7 heteroatoms. The molecule has 2 aromatic carbocycles. The lowest BCUT2D eigenvalue weighted by atomic mass is 10.0. The maximum Gasteiger partial charge on any atom is 0.356 e. The zero-order chi connectivity index (χ0) is 19.0. The Morgan fingerprint density at radius 2 is 1.74 bits per heavy atom. The molecule has 0 atom stereocenters. The number of fused-ring (bicyclic) bond motifs is 1. The molecular formula is C20H16ClN3O3.